The van der Waals surface area contributed by atoms with Gasteiger partial charge in [-0.2, -0.15) is 13.2 Å². The van der Waals surface area contributed by atoms with E-state index < -0.39 is 11.7 Å². The fourth-order valence-electron chi connectivity index (χ4n) is 2.77. The molecule has 0 aliphatic rings. The Morgan fingerprint density at radius 1 is 1.09 bits per heavy atom. The predicted octanol–water partition coefficient (Wildman–Crippen LogP) is 4.06. The fourth-order valence-corrected chi connectivity index (χ4v) is 2.77. The van der Waals surface area contributed by atoms with Crippen LogP contribution in [0.4, 0.5) is 24.8 Å². The number of hydrogen-bond donors (Lipinski definition) is 2. The number of alkyl halides is 3. The number of hydrogen-bond acceptors (Lipinski definition) is 5. The first-order valence-electron chi connectivity index (χ1n) is 9.48. The quantitative estimate of drug-likeness (QED) is 0.584. The first kappa shape index (κ1) is 22.6. The second-order valence-corrected chi connectivity index (χ2v) is 6.74. The predicted molar refractivity (Wildman–Crippen MR) is 114 cm³/mol. The van der Waals surface area contributed by atoms with Crippen molar-refractivity contribution in [3.8, 4) is 17.6 Å². The Morgan fingerprint density at radius 3 is 2.41 bits per heavy atom. The summed E-state index contributed by atoms with van der Waals surface area (Å²) in [5.74, 6) is 6.25. The van der Waals surface area contributed by atoms with E-state index in [1.54, 1.807) is 18.2 Å². The van der Waals surface area contributed by atoms with Crippen LogP contribution in [0.5, 0.6) is 5.75 Å². The number of rotatable bonds is 5. The summed E-state index contributed by atoms with van der Waals surface area (Å²) in [6.45, 7) is 0. The highest BCUT2D eigenvalue weighted by molar-refractivity contribution is 5.91. The van der Waals surface area contributed by atoms with Crippen LogP contribution >= 0.6 is 0 Å². The topological polar surface area (TPSA) is 90.1 Å². The molecule has 1 amide bonds. The molecule has 0 fully saturated rings. The molecule has 3 aromatic rings. The summed E-state index contributed by atoms with van der Waals surface area (Å²) in [5.41, 5.74) is 7.00. The molecule has 1 aromatic heterocycles. The summed E-state index contributed by atoms with van der Waals surface area (Å²) in [6.07, 6.45) is -0.972. The Kier molecular flexibility index (Phi) is 6.95. The van der Waals surface area contributed by atoms with Crippen molar-refractivity contribution in [2.45, 2.75) is 19.0 Å². The standard InChI is InChI=1S/C23H19F3N4O2/c1-32-20-10-9-19(12-17(20)6-2-16-13-28-22(27)29-14-16)30-21(31)11-5-15-3-7-18(8-4-15)23(24,25)26/h3-4,7-10,12-14H,5,11H2,1H3,(H,30,31)(H2,27,28,29). The first-order valence-corrected chi connectivity index (χ1v) is 9.48. The van der Waals surface area contributed by atoms with E-state index >= 15 is 0 Å². The highest BCUT2D eigenvalue weighted by Gasteiger charge is 2.29. The van der Waals surface area contributed by atoms with E-state index in [-0.39, 0.29) is 18.3 Å². The highest BCUT2D eigenvalue weighted by Crippen LogP contribution is 2.29. The summed E-state index contributed by atoms with van der Waals surface area (Å²) in [5, 5.41) is 2.76. The van der Waals surface area contributed by atoms with E-state index in [2.05, 4.69) is 27.1 Å². The van der Waals surface area contributed by atoms with Crippen LogP contribution in [0.15, 0.2) is 54.9 Å². The van der Waals surface area contributed by atoms with Gasteiger partial charge in [-0.05, 0) is 42.3 Å². The molecule has 0 unspecified atom stereocenters. The number of anilines is 2. The normalized spacial score (nSPS) is 10.8. The molecule has 0 atom stereocenters. The van der Waals surface area contributed by atoms with Gasteiger partial charge in [-0.25, -0.2) is 9.97 Å². The Balaban J connectivity index is 1.65. The average Bonchev–Trinajstić information content (AvgIpc) is 2.77. The second-order valence-electron chi connectivity index (χ2n) is 6.74. The van der Waals surface area contributed by atoms with E-state index in [9.17, 15) is 18.0 Å². The zero-order valence-corrected chi connectivity index (χ0v) is 17.0. The number of aromatic nitrogens is 2. The molecule has 3 rings (SSSR count). The molecule has 1 heterocycles. The van der Waals surface area contributed by atoms with Crippen molar-refractivity contribution in [1.29, 1.82) is 0 Å². The van der Waals surface area contributed by atoms with Crippen LogP contribution < -0.4 is 15.8 Å². The number of nitrogens with one attached hydrogen (secondary N) is 1. The third-order valence-corrected chi connectivity index (χ3v) is 4.42. The average molecular weight is 440 g/mol. The summed E-state index contributed by atoms with van der Waals surface area (Å²) >= 11 is 0. The lowest BCUT2D eigenvalue weighted by molar-refractivity contribution is -0.137. The second kappa shape index (κ2) is 9.83. The molecule has 164 valence electrons. The minimum atomic E-state index is -4.38. The van der Waals surface area contributed by atoms with Gasteiger partial charge in [0.15, 0.2) is 0 Å². The molecule has 32 heavy (non-hydrogen) atoms. The molecule has 0 radical (unpaired) electrons. The van der Waals surface area contributed by atoms with Gasteiger partial charge in [0, 0.05) is 24.5 Å². The van der Waals surface area contributed by atoms with Crippen LogP contribution in [0.3, 0.4) is 0 Å². The molecule has 0 bridgehead atoms. The van der Waals surface area contributed by atoms with Crippen LogP contribution in [0, 0.1) is 11.8 Å². The number of halogens is 3. The Bertz CT molecular complexity index is 1150. The first-order chi connectivity index (χ1) is 15.2. The van der Waals surface area contributed by atoms with Crippen molar-refractivity contribution in [3.63, 3.8) is 0 Å². The van der Waals surface area contributed by atoms with Crippen LogP contribution in [0.1, 0.15) is 28.7 Å². The maximum Gasteiger partial charge on any atom is 0.416 e. The van der Waals surface area contributed by atoms with Gasteiger partial charge in [0.1, 0.15) is 5.75 Å². The van der Waals surface area contributed by atoms with E-state index in [0.29, 0.717) is 34.5 Å². The van der Waals surface area contributed by atoms with Crippen molar-refractivity contribution < 1.29 is 22.7 Å². The lowest BCUT2D eigenvalue weighted by Crippen LogP contribution is -2.12. The van der Waals surface area contributed by atoms with E-state index in [0.717, 1.165) is 12.1 Å². The lowest BCUT2D eigenvalue weighted by atomic mass is 10.1. The van der Waals surface area contributed by atoms with Crippen LogP contribution in [-0.2, 0) is 17.4 Å². The van der Waals surface area contributed by atoms with Gasteiger partial charge >= 0.3 is 6.18 Å². The SMILES string of the molecule is COc1ccc(NC(=O)CCc2ccc(C(F)(F)F)cc2)cc1C#Cc1cnc(N)nc1. The molecule has 6 nitrogen and oxygen atoms in total. The summed E-state index contributed by atoms with van der Waals surface area (Å²) in [4.78, 5) is 20.0. The minimum Gasteiger partial charge on any atom is -0.495 e. The number of ether oxygens (including phenoxy) is 1. The van der Waals surface area contributed by atoms with Crippen molar-refractivity contribution in [1.82, 2.24) is 9.97 Å². The number of methoxy groups -OCH3 is 1. The molecule has 0 spiro atoms. The van der Waals surface area contributed by atoms with Crippen molar-refractivity contribution in [3.05, 3.63) is 77.1 Å². The highest BCUT2D eigenvalue weighted by atomic mass is 19.4. The number of nitrogens with zero attached hydrogens (tertiary/aromatic N) is 2. The number of carbonyl (C=O) groups excluding carboxylic acids is 1. The smallest absolute Gasteiger partial charge is 0.416 e. The Hall–Kier alpha value is -4.06. The molecular weight excluding hydrogens is 421 g/mol. The van der Waals surface area contributed by atoms with Crippen LogP contribution in [0.2, 0.25) is 0 Å². The van der Waals surface area contributed by atoms with Gasteiger partial charge in [-0.3, -0.25) is 4.79 Å². The number of amides is 1. The number of aryl methyl sites for hydroxylation is 1. The Labute approximate surface area is 182 Å². The molecule has 2 aromatic carbocycles. The number of nitrogen functional groups attached to an aromatic ring is 1. The largest absolute Gasteiger partial charge is 0.495 e. The maximum absolute atomic E-state index is 12.6. The molecular formula is C23H19F3N4O2. The third kappa shape index (κ3) is 6.22. The van der Waals surface area contributed by atoms with E-state index in [1.165, 1.54) is 31.6 Å². The van der Waals surface area contributed by atoms with Gasteiger partial charge < -0.3 is 15.8 Å². The molecule has 0 saturated carbocycles. The lowest BCUT2D eigenvalue weighted by Gasteiger charge is -2.09. The van der Waals surface area contributed by atoms with Gasteiger partial charge in [-0.15, -0.1) is 0 Å². The molecule has 0 saturated heterocycles. The van der Waals surface area contributed by atoms with Gasteiger partial charge in [0.2, 0.25) is 11.9 Å². The van der Waals surface area contributed by atoms with Crippen molar-refractivity contribution in [2.24, 2.45) is 0 Å². The molecule has 9 heteroatoms. The monoisotopic (exact) mass is 440 g/mol. The molecule has 0 aliphatic carbocycles. The van der Waals surface area contributed by atoms with Crippen molar-refractivity contribution in [2.75, 3.05) is 18.2 Å². The van der Waals surface area contributed by atoms with E-state index in [1.807, 2.05) is 0 Å². The van der Waals surface area contributed by atoms with Crippen molar-refractivity contribution >= 4 is 17.5 Å². The number of carbonyl (C=O) groups is 1. The van der Waals surface area contributed by atoms with Gasteiger partial charge in [-0.1, -0.05) is 24.0 Å². The van der Waals surface area contributed by atoms with Crippen LogP contribution in [-0.4, -0.2) is 23.0 Å². The summed E-state index contributed by atoms with van der Waals surface area (Å²) in [6, 6.07) is 9.78. The number of benzene rings is 2. The molecule has 3 N–H and O–H groups in total. The number of nitrogens with two attached hydrogens (primary N) is 1. The van der Waals surface area contributed by atoms with Crippen LogP contribution in [0.25, 0.3) is 0 Å². The van der Waals surface area contributed by atoms with Gasteiger partial charge in [0.25, 0.3) is 0 Å². The van der Waals surface area contributed by atoms with Gasteiger partial charge in [0.05, 0.1) is 23.8 Å². The summed E-state index contributed by atoms with van der Waals surface area (Å²) < 4.78 is 43.2. The Morgan fingerprint density at radius 2 is 1.78 bits per heavy atom. The van der Waals surface area contributed by atoms with E-state index in [4.69, 9.17) is 10.5 Å². The third-order valence-electron chi connectivity index (χ3n) is 4.42. The summed E-state index contributed by atoms with van der Waals surface area (Å²) in [7, 11) is 1.51. The zero-order chi connectivity index (χ0) is 23.1. The molecule has 0 aliphatic heterocycles. The zero-order valence-electron chi connectivity index (χ0n) is 17.0. The maximum atomic E-state index is 12.6. The fraction of sp³-hybridized carbons (Fsp3) is 0.174. The minimum absolute atomic E-state index is 0.112.